The molecule has 0 aliphatic heterocycles. The zero-order chi connectivity index (χ0) is 42.5. The van der Waals surface area contributed by atoms with Crippen LogP contribution in [0.4, 0.5) is 0 Å². The Labute approximate surface area is 370 Å². The van der Waals surface area contributed by atoms with E-state index in [0.29, 0.717) is 0 Å². The van der Waals surface area contributed by atoms with Gasteiger partial charge in [-0.1, -0.05) is 152 Å². The third kappa shape index (κ3) is 4.62. The van der Waals surface area contributed by atoms with Crippen molar-refractivity contribution in [2.45, 2.75) is 0 Å². The summed E-state index contributed by atoms with van der Waals surface area (Å²) in [6.07, 6.45) is 0. The van der Waals surface area contributed by atoms with Gasteiger partial charge in [0.15, 0.2) is 0 Å². The van der Waals surface area contributed by atoms with E-state index in [4.69, 9.17) is 4.42 Å². The second kappa shape index (κ2) is 12.7. The molecule has 0 atom stereocenters. The topological polar surface area (TPSA) is 39.5 Å². The molecule has 15 rings (SSSR count). The maximum absolute atomic E-state index is 14.0. The lowest BCUT2D eigenvalue weighted by molar-refractivity contribution is 0.669. The fourth-order valence-electron chi connectivity index (χ4n) is 11.5. The van der Waals surface area contributed by atoms with Crippen LogP contribution in [-0.2, 0) is 0 Å². The molecule has 0 aliphatic rings. The minimum Gasteiger partial charge on any atom is -0.456 e. The van der Waals surface area contributed by atoms with E-state index in [1.54, 1.807) is 0 Å². The van der Waals surface area contributed by atoms with Crippen LogP contribution < -0.4 is 5.56 Å². The fraction of sp³-hybridized carbons (Fsp3) is 0. The smallest absolute Gasteiger partial charge is 0.263 e. The van der Waals surface area contributed by atoms with Crippen LogP contribution in [0, 0.1) is 0 Å². The van der Waals surface area contributed by atoms with E-state index < -0.39 is 0 Å². The normalized spacial score (nSPS) is 12.4. The monoisotopic (exact) mass is 826 g/mol. The van der Waals surface area contributed by atoms with E-state index in [2.05, 4.69) is 187 Å². The Balaban J connectivity index is 0.945. The van der Waals surface area contributed by atoms with E-state index >= 15 is 0 Å². The number of benzene rings is 11. The number of nitrogens with zero attached hydrogens (tertiary/aromatic N) is 2. The molecular formula is C61H34N2O2. The molecule has 0 N–H and O–H groups in total. The number of furan rings is 1. The van der Waals surface area contributed by atoms with Gasteiger partial charge in [0.25, 0.3) is 5.56 Å². The Morgan fingerprint density at radius 3 is 1.65 bits per heavy atom. The molecule has 4 aromatic heterocycles. The fourth-order valence-corrected chi connectivity index (χ4v) is 11.5. The van der Waals surface area contributed by atoms with Crippen molar-refractivity contribution in [3.8, 4) is 27.9 Å². The molecule has 0 aliphatic carbocycles. The van der Waals surface area contributed by atoms with Gasteiger partial charge in [-0.15, -0.1) is 0 Å². The van der Waals surface area contributed by atoms with Crippen LogP contribution in [0.3, 0.4) is 0 Å². The molecule has 0 fully saturated rings. The molecule has 4 heterocycles. The summed E-state index contributed by atoms with van der Waals surface area (Å²) >= 11 is 0. The van der Waals surface area contributed by atoms with Crippen molar-refractivity contribution in [1.29, 1.82) is 0 Å². The molecule has 0 bridgehead atoms. The first kappa shape index (κ1) is 34.8. The molecule has 0 saturated heterocycles. The second-order valence-corrected chi connectivity index (χ2v) is 17.5. The SMILES string of the molecule is O=c1c2ccccc2c2cccc3c4cc(-c5ccc6c7ccc(-n8c9ccccc9c9cccc(-c%10cccc%11oc%12ccccc%12c%10%11)c98)cc7c7ccccc7c6c5)ccc4n1c23. The van der Waals surface area contributed by atoms with E-state index in [1.165, 1.54) is 59.7 Å². The molecule has 15 aromatic rings. The molecule has 11 aromatic carbocycles. The molecule has 4 heteroatoms. The Hall–Kier alpha value is -8.73. The summed E-state index contributed by atoms with van der Waals surface area (Å²) in [5, 5.41) is 17.0. The van der Waals surface area contributed by atoms with E-state index in [9.17, 15) is 4.79 Å². The molecular weight excluding hydrogens is 793 g/mol. The Morgan fingerprint density at radius 2 is 0.846 bits per heavy atom. The summed E-state index contributed by atoms with van der Waals surface area (Å²) in [4.78, 5) is 14.0. The Bertz CT molecular complexity index is 4600. The molecule has 0 unspecified atom stereocenters. The van der Waals surface area contributed by atoms with Crippen LogP contribution in [0.25, 0.3) is 142 Å². The van der Waals surface area contributed by atoms with Gasteiger partial charge in [0.2, 0.25) is 0 Å². The Morgan fingerprint density at radius 1 is 0.323 bits per heavy atom. The van der Waals surface area contributed by atoms with Crippen molar-refractivity contribution in [3.63, 3.8) is 0 Å². The number of pyridine rings is 1. The van der Waals surface area contributed by atoms with Crippen LogP contribution in [0.5, 0.6) is 0 Å². The van der Waals surface area contributed by atoms with E-state index in [0.717, 1.165) is 82.3 Å². The number of hydrogen-bond acceptors (Lipinski definition) is 2. The van der Waals surface area contributed by atoms with Gasteiger partial charge in [0.1, 0.15) is 11.2 Å². The van der Waals surface area contributed by atoms with Crippen LogP contribution in [0.2, 0.25) is 0 Å². The number of rotatable bonds is 3. The number of aromatic nitrogens is 2. The third-order valence-electron chi connectivity index (χ3n) is 14.2. The van der Waals surface area contributed by atoms with Gasteiger partial charge in [0, 0.05) is 54.3 Å². The molecule has 4 nitrogen and oxygen atoms in total. The molecule has 65 heavy (non-hydrogen) atoms. The molecule has 300 valence electrons. The largest absolute Gasteiger partial charge is 0.456 e. The van der Waals surface area contributed by atoms with Gasteiger partial charge < -0.3 is 8.98 Å². The number of fused-ring (bicyclic) bond motifs is 17. The van der Waals surface area contributed by atoms with E-state index in [1.807, 2.05) is 28.7 Å². The summed E-state index contributed by atoms with van der Waals surface area (Å²) in [6.45, 7) is 0. The summed E-state index contributed by atoms with van der Waals surface area (Å²) < 4.78 is 10.8. The summed E-state index contributed by atoms with van der Waals surface area (Å²) in [7, 11) is 0. The average molecular weight is 827 g/mol. The van der Waals surface area contributed by atoms with Crippen molar-refractivity contribution in [2.75, 3.05) is 0 Å². The van der Waals surface area contributed by atoms with Crippen LogP contribution in [0.1, 0.15) is 0 Å². The molecule has 0 amide bonds. The van der Waals surface area contributed by atoms with Crippen molar-refractivity contribution < 1.29 is 4.42 Å². The number of para-hydroxylation sites is 4. The summed E-state index contributed by atoms with van der Waals surface area (Å²) in [5.41, 5.74) is 11.8. The zero-order valence-corrected chi connectivity index (χ0v) is 34.8. The first-order valence-corrected chi connectivity index (χ1v) is 22.2. The van der Waals surface area contributed by atoms with Gasteiger partial charge in [-0.25, -0.2) is 0 Å². The highest BCUT2D eigenvalue weighted by atomic mass is 16.3. The number of hydrogen-bond donors (Lipinski definition) is 0. The minimum absolute atomic E-state index is 0.0264. The highest BCUT2D eigenvalue weighted by Crippen LogP contribution is 2.45. The maximum Gasteiger partial charge on any atom is 0.263 e. The van der Waals surface area contributed by atoms with Gasteiger partial charge in [-0.3, -0.25) is 9.20 Å². The predicted octanol–water partition coefficient (Wildman–Crippen LogP) is 16.0. The lowest BCUT2D eigenvalue weighted by Gasteiger charge is -2.16. The van der Waals surface area contributed by atoms with Crippen molar-refractivity contribution in [2.24, 2.45) is 0 Å². The highest BCUT2D eigenvalue weighted by molar-refractivity contribution is 6.27. The zero-order valence-electron chi connectivity index (χ0n) is 34.8. The van der Waals surface area contributed by atoms with E-state index in [-0.39, 0.29) is 5.56 Å². The van der Waals surface area contributed by atoms with Crippen molar-refractivity contribution in [1.82, 2.24) is 8.97 Å². The van der Waals surface area contributed by atoms with Gasteiger partial charge in [0.05, 0.1) is 22.1 Å². The first-order valence-electron chi connectivity index (χ1n) is 22.2. The van der Waals surface area contributed by atoms with Crippen LogP contribution in [0.15, 0.2) is 215 Å². The van der Waals surface area contributed by atoms with Crippen molar-refractivity contribution >= 4 is 114 Å². The van der Waals surface area contributed by atoms with Crippen LogP contribution >= 0.6 is 0 Å². The lowest BCUT2D eigenvalue weighted by Crippen LogP contribution is -2.12. The van der Waals surface area contributed by atoms with Crippen molar-refractivity contribution in [3.05, 3.63) is 217 Å². The minimum atomic E-state index is 0.0264. The molecule has 0 radical (unpaired) electrons. The molecule has 0 spiro atoms. The third-order valence-corrected chi connectivity index (χ3v) is 14.2. The standard InChI is InChI=1S/C61H34N2O2/c64-61-49-16-4-3-14-40(49)45-19-9-22-48-53-33-36(27-31-55(53)63(61)60(45)48)35-26-29-41-42-30-28-37(34-52(42)39-13-2-1-12-38(39)51(41)32-35)62-54-23-7-5-15-43(54)46-20-10-21-47(59(46)62)44-18-11-25-57-58(44)50-17-6-8-24-56(50)65-57/h1-34H. The second-order valence-electron chi connectivity index (χ2n) is 17.5. The average Bonchev–Trinajstić information content (AvgIpc) is 4.04. The lowest BCUT2D eigenvalue weighted by atomic mass is 9.91. The van der Waals surface area contributed by atoms with Gasteiger partial charge in [-0.2, -0.15) is 0 Å². The van der Waals surface area contributed by atoms with Crippen LogP contribution in [-0.4, -0.2) is 8.97 Å². The van der Waals surface area contributed by atoms with Gasteiger partial charge in [-0.05, 0) is 109 Å². The summed E-state index contributed by atoms with van der Waals surface area (Å²) in [5.74, 6) is 0. The maximum atomic E-state index is 14.0. The summed E-state index contributed by atoms with van der Waals surface area (Å²) in [6, 6.07) is 74.0. The highest BCUT2D eigenvalue weighted by Gasteiger charge is 2.22. The molecule has 0 saturated carbocycles. The quantitative estimate of drug-likeness (QED) is 0.166. The Kier molecular flexibility index (Phi) is 6.79. The predicted molar refractivity (Wildman–Crippen MR) is 272 cm³/mol. The first-order chi connectivity index (χ1) is 32.2. The van der Waals surface area contributed by atoms with Gasteiger partial charge >= 0.3 is 0 Å².